The van der Waals surface area contributed by atoms with E-state index in [2.05, 4.69) is 5.32 Å². The Hall–Kier alpha value is -3.89. The van der Waals surface area contributed by atoms with Crippen molar-refractivity contribution < 1.29 is 18.7 Å². The highest BCUT2D eigenvalue weighted by molar-refractivity contribution is 6.07. The first-order valence-electron chi connectivity index (χ1n) is 13.6. The van der Waals surface area contributed by atoms with Gasteiger partial charge in [-0.2, -0.15) is 0 Å². The minimum atomic E-state index is -0.534. The van der Waals surface area contributed by atoms with Gasteiger partial charge in [-0.1, -0.05) is 18.9 Å². The normalized spacial score (nSPS) is 18.7. The van der Waals surface area contributed by atoms with Crippen LogP contribution in [0.4, 0.5) is 10.2 Å². The van der Waals surface area contributed by atoms with Gasteiger partial charge in [-0.15, -0.1) is 5.10 Å². The lowest BCUT2D eigenvalue weighted by Gasteiger charge is -2.33. The Balaban J connectivity index is 1.79. The largest absolute Gasteiger partial charge is 0.493 e. The van der Waals surface area contributed by atoms with Gasteiger partial charge >= 0.3 is 0 Å². The number of carbonyl (C=O) groups excluding carboxylic acids is 2. The van der Waals surface area contributed by atoms with Crippen LogP contribution in [0.25, 0.3) is 10.9 Å². The number of nitrogens with zero attached hydrogens (tertiary/aromatic N) is 5. The van der Waals surface area contributed by atoms with Gasteiger partial charge in [0.2, 0.25) is 0 Å². The van der Waals surface area contributed by atoms with Crippen molar-refractivity contribution in [2.75, 3.05) is 45.2 Å². The minimum Gasteiger partial charge on any atom is -0.493 e. The fraction of sp³-hybridized carbons (Fsp3) is 0.500. The lowest BCUT2D eigenvalue weighted by molar-refractivity contribution is 0.0685. The molecule has 2 aliphatic rings. The standard InChI is InChI=1S/C28H35FN6O4/c1-5-33-15-17(2)35-22-21(24(39-4)23(35)28(33)38)27(37)34-16-18-10-11-19(29)14-20(18)26(36)30-12-8-6-7-9-13-32(3)25(22)31-34/h10-11,14,17H,5-9,12-13,15-16H2,1-4H3,(H,30,36). The first-order valence-corrected chi connectivity index (χ1v) is 13.6. The summed E-state index contributed by atoms with van der Waals surface area (Å²) in [6, 6.07) is 3.87. The summed E-state index contributed by atoms with van der Waals surface area (Å²) in [6.45, 7) is 6.13. The van der Waals surface area contributed by atoms with Crippen molar-refractivity contribution >= 4 is 28.5 Å². The number of likely N-dealkylation sites (N-methyl/N-ethyl adjacent to an activating group) is 1. The lowest BCUT2D eigenvalue weighted by Crippen LogP contribution is -2.42. The van der Waals surface area contributed by atoms with Crippen molar-refractivity contribution in [2.24, 2.45) is 0 Å². The highest BCUT2D eigenvalue weighted by Gasteiger charge is 2.37. The third kappa shape index (κ3) is 4.63. The van der Waals surface area contributed by atoms with Crippen LogP contribution >= 0.6 is 0 Å². The van der Waals surface area contributed by atoms with Gasteiger partial charge in [0.1, 0.15) is 16.7 Å². The van der Waals surface area contributed by atoms with E-state index in [1.807, 2.05) is 30.4 Å². The molecule has 0 radical (unpaired) electrons. The molecule has 11 heteroatoms. The van der Waals surface area contributed by atoms with E-state index in [1.165, 1.54) is 30.0 Å². The maximum atomic E-state index is 14.2. The van der Waals surface area contributed by atoms with Gasteiger partial charge in [0.25, 0.3) is 17.4 Å². The second kappa shape index (κ2) is 10.7. The van der Waals surface area contributed by atoms with Gasteiger partial charge in [-0.05, 0) is 44.4 Å². The van der Waals surface area contributed by atoms with E-state index in [-0.39, 0.29) is 41.1 Å². The first-order chi connectivity index (χ1) is 18.8. The molecular formula is C28H35FN6O4. The van der Waals surface area contributed by atoms with Crippen LogP contribution < -0.4 is 20.5 Å². The van der Waals surface area contributed by atoms with Crippen molar-refractivity contribution in [3.63, 3.8) is 0 Å². The Morgan fingerprint density at radius 2 is 1.92 bits per heavy atom. The zero-order chi connectivity index (χ0) is 27.8. The average Bonchev–Trinajstić information content (AvgIpc) is 3.28. The van der Waals surface area contributed by atoms with Crippen LogP contribution in [0.15, 0.2) is 23.0 Å². The second-order valence-corrected chi connectivity index (χ2v) is 10.3. The van der Waals surface area contributed by atoms with Crippen LogP contribution in [0.3, 0.4) is 0 Å². The zero-order valence-corrected chi connectivity index (χ0v) is 22.9. The smallest absolute Gasteiger partial charge is 0.280 e. The Kier molecular flexibility index (Phi) is 7.33. The number of amides is 2. The molecule has 1 atom stereocenters. The number of anilines is 1. The lowest BCUT2D eigenvalue weighted by atomic mass is 10.1. The van der Waals surface area contributed by atoms with Crippen LogP contribution in [0.1, 0.15) is 72.0 Å². The van der Waals surface area contributed by atoms with E-state index >= 15 is 0 Å². The fourth-order valence-corrected chi connectivity index (χ4v) is 5.72. The zero-order valence-electron chi connectivity index (χ0n) is 22.9. The van der Waals surface area contributed by atoms with Gasteiger partial charge in [-0.25, -0.2) is 9.07 Å². The number of fused-ring (bicyclic) bond motifs is 7. The van der Waals surface area contributed by atoms with Gasteiger partial charge in [0.15, 0.2) is 17.3 Å². The summed E-state index contributed by atoms with van der Waals surface area (Å²) >= 11 is 0. The molecule has 4 heterocycles. The van der Waals surface area contributed by atoms with Crippen molar-refractivity contribution in [1.29, 1.82) is 0 Å². The summed E-state index contributed by atoms with van der Waals surface area (Å²) in [5, 5.41) is 7.95. The molecule has 0 spiro atoms. The summed E-state index contributed by atoms with van der Waals surface area (Å²) in [7, 11) is 3.40. The first kappa shape index (κ1) is 26.7. The van der Waals surface area contributed by atoms with E-state index in [0.29, 0.717) is 48.8 Å². The van der Waals surface area contributed by atoms with Gasteiger partial charge < -0.3 is 24.4 Å². The number of rotatable bonds is 2. The number of hydrogen-bond acceptors (Lipinski definition) is 6. The molecule has 1 unspecified atom stereocenters. The predicted molar refractivity (Wildman–Crippen MR) is 146 cm³/mol. The summed E-state index contributed by atoms with van der Waals surface area (Å²) in [4.78, 5) is 44.3. The third-order valence-corrected chi connectivity index (χ3v) is 7.74. The highest BCUT2D eigenvalue weighted by atomic mass is 19.1. The molecule has 3 aromatic rings. The number of halogens is 1. The van der Waals surface area contributed by atoms with Crippen LogP contribution in [0.5, 0.6) is 5.75 Å². The number of methoxy groups -OCH3 is 1. The molecule has 39 heavy (non-hydrogen) atoms. The molecular weight excluding hydrogens is 503 g/mol. The molecule has 0 saturated carbocycles. The number of benzene rings is 1. The maximum Gasteiger partial charge on any atom is 0.280 e. The predicted octanol–water partition coefficient (Wildman–Crippen LogP) is 3.17. The molecule has 208 valence electrons. The Morgan fingerprint density at radius 3 is 2.67 bits per heavy atom. The number of aromatic nitrogens is 3. The number of carbonyl (C=O) groups is 2. The number of ether oxygens (including phenoxy) is 1. The average molecular weight is 539 g/mol. The molecule has 1 N–H and O–H groups in total. The second-order valence-electron chi connectivity index (χ2n) is 10.3. The van der Waals surface area contributed by atoms with Crippen molar-refractivity contribution in [3.05, 3.63) is 51.2 Å². The summed E-state index contributed by atoms with van der Waals surface area (Å²) in [5.41, 5.74) is 1.11. The topological polar surface area (TPSA) is 102 Å². The van der Waals surface area contributed by atoms with E-state index in [4.69, 9.17) is 9.84 Å². The molecule has 2 amide bonds. The SMILES string of the molecule is CCN1CC(C)n2c(c(OC)c3c(=O)n4nc(c32)N(C)CCCCCCNC(=O)c2cc(F)ccc2C4)C1=O. The Labute approximate surface area is 226 Å². The minimum absolute atomic E-state index is 0.0487. The van der Waals surface area contributed by atoms with Crippen molar-refractivity contribution in [3.8, 4) is 5.75 Å². The Bertz CT molecular complexity index is 1500. The van der Waals surface area contributed by atoms with Crippen molar-refractivity contribution in [1.82, 2.24) is 24.6 Å². The molecule has 2 bridgehead atoms. The maximum absolute atomic E-state index is 14.2. The molecule has 0 aliphatic carbocycles. The third-order valence-electron chi connectivity index (χ3n) is 7.74. The van der Waals surface area contributed by atoms with Crippen LogP contribution in [-0.2, 0) is 6.54 Å². The summed E-state index contributed by atoms with van der Waals surface area (Å²) in [5.74, 6) is -0.329. The molecule has 10 nitrogen and oxygen atoms in total. The molecule has 5 rings (SSSR count). The van der Waals surface area contributed by atoms with E-state index in [9.17, 15) is 18.8 Å². The molecule has 0 saturated heterocycles. The van der Waals surface area contributed by atoms with Gasteiger partial charge in [0.05, 0.1) is 13.7 Å². The molecule has 2 aromatic heterocycles. The number of hydrogen-bond donors (Lipinski definition) is 1. The van der Waals surface area contributed by atoms with E-state index < -0.39 is 11.4 Å². The molecule has 0 fully saturated rings. The van der Waals surface area contributed by atoms with Gasteiger partial charge in [-0.3, -0.25) is 14.4 Å². The Morgan fingerprint density at radius 1 is 1.15 bits per heavy atom. The van der Waals surface area contributed by atoms with Crippen LogP contribution in [-0.4, -0.2) is 71.4 Å². The number of nitrogens with one attached hydrogen (secondary N) is 1. The summed E-state index contributed by atoms with van der Waals surface area (Å²) < 4.78 is 23.1. The van der Waals surface area contributed by atoms with Crippen LogP contribution in [0.2, 0.25) is 0 Å². The van der Waals surface area contributed by atoms with Gasteiger partial charge in [0, 0.05) is 44.8 Å². The van der Waals surface area contributed by atoms with E-state index in [1.54, 1.807) is 4.90 Å². The highest BCUT2D eigenvalue weighted by Crippen LogP contribution is 2.40. The van der Waals surface area contributed by atoms with E-state index in [0.717, 1.165) is 25.7 Å². The fourth-order valence-electron chi connectivity index (χ4n) is 5.72. The van der Waals surface area contributed by atoms with Crippen molar-refractivity contribution in [2.45, 2.75) is 52.1 Å². The monoisotopic (exact) mass is 538 g/mol. The van der Waals surface area contributed by atoms with Crippen LogP contribution in [0, 0.1) is 5.82 Å². The quantitative estimate of drug-likeness (QED) is 0.538. The molecule has 1 aromatic carbocycles. The molecule has 2 aliphatic heterocycles. The summed E-state index contributed by atoms with van der Waals surface area (Å²) in [6.07, 6.45) is 3.58.